The van der Waals surface area contributed by atoms with Crippen LogP contribution in [0.4, 0.5) is 0 Å². The van der Waals surface area contributed by atoms with Gasteiger partial charge in [0.05, 0.1) is 0 Å². The molecule has 24 heavy (non-hydrogen) atoms. The van der Waals surface area contributed by atoms with E-state index >= 15 is 0 Å². The summed E-state index contributed by atoms with van der Waals surface area (Å²) in [7, 11) is 0. The molecule has 1 heterocycles. The van der Waals surface area contributed by atoms with Crippen LogP contribution in [-0.4, -0.2) is 0 Å². The molecular formula is C20H17ClO3. The number of hydrogen-bond donors (Lipinski definition) is 0. The van der Waals surface area contributed by atoms with E-state index in [0.29, 0.717) is 17.2 Å². The summed E-state index contributed by atoms with van der Waals surface area (Å²) in [6.07, 6.45) is 2.79. The van der Waals surface area contributed by atoms with E-state index in [0.717, 1.165) is 52.7 Å². The standard InChI is InChI=1S/C20H17ClO3/c1-12-18(23-11-13-5-7-14(21)8-6-13)10-9-16-15-3-2-4-17(15)20(22)24-19(12)16/h5-10H,2-4,11H2,1H3. The van der Waals surface area contributed by atoms with Crippen LogP contribution >= 0.6 is 11.6 Å². The van der Waals surface area contributed by atoms with Crippen molar-refractivity contribution in [2.75, 3.05) is 0 Å². The molecule has 0 atom stereocenters. The lowest BCUT2D eigenvalue weighted by Gasteiger charge is -2.12. The summed E-state index contributed by atoms with van der Waals surface area (Å²) in [4.78, 5) is 12.2. The van der Waals surface area contributed by atoms with Crippen molar-refractivity contribution in [3.8, 4) is 5.75 Å². The van der Waals surface area contributed by atoms with E-state index in [2.05, 4.69) is 0 Å². The van der Waals surface area contributed by atoms with Crippen LogP contribution in [0.5, 0.6) is 5.75 Å². The Balaban J connectivity index is 1.70. The predicted octanol–water partition coefficient (Wildman–Crippen LogP) is 4.82. The Morgan fingerprint density at radius 1 is 1.08 bits per heavy atom. The Labute approximate surface area is 144 Å². The van der Waals surface area contributed by atoms with Crippen LogP contribution in [0.15, 0.2) is 45.6 Å². The number of ether oxygens (including phenoxy) is 1. The highest BCUT2D eigenvalue weighted by molar-refractivity contribution is 6.30. The van der Waals surface area contributed by atoms with Crippen molar-refractivity contribution in [2.24, 2.45) is 0 Å². The average Bonchev–Trinajstić information content (AvgIpc) is 3.07. The number of hydrogen-bond acceptors (Lipinski definition) is 3. The first-order valence-electron chi connectivity index (χ1n) is 8.09. The summed E-state index contributed by atoms with van der Waals surface area (Å²) in [5.74, 6) is 0.735. The lowest BCUT2D eigenvalue weighted by molar-refractivity contribution is 0.304. The summed E-state index contributed by atoms with van der Waals surface area (Å²) >= 11 is 5.90. The van der Waals surface area contributed by atoms with Gasteiger partial charge in [-0.15, -0.1) is 0 Å². The Hall–Kier alpha value is -2.26. The SMILES string of the molecule is Cc1c(OCc2ccc(Cl)cc2)ccc2c3c(c(=O)oc12)CCC3. The molecule has 1 aliphatic carbocycles. The predicted molar refractivity (Wildman–Crippen MR) is 95.0 cm³/mol. The van der Waals surface area contributed by atoms with Gasteiger partial charge in [-0.3, -0.25) is 0 Å². The molecule has 0 radical (unpaired) electrons. The fourth-order valence-electron chi connectivity index (χ4n) is 3.36. The topological polar surface area (TPSA) is 39.4 Å². The van der Waals surface area contributed by atoms with Crippen molar-refractivity contribution in [1.82, 2.24) is 0 Å². The quantitative estimate of drug-likeness (QED) is 0.641. The molecule has 4 heteroatoms. The summed E-state index contributed by atoms with van der Waals surface area (Å²) in [6, 6.07) is 11.5. The molecule has 0 amide bonds. The molecule has 3 nitrogen and oxygen atoms in total. The number of aryl methyl sites for hydroxylation is 2. The molecule has 0 unspecified atom stereocenters. The Bertz CT molecular complexity index is 971. The molecule has 0 fully saturated rings. The largest absolute Gasteiger partial charge is 0.488 e. The van der Waals surface area contributed by atoms with Gasteiger partial charge in [0.25, 0.3) is 0 Å². The minimum Gasteiger partial charge on any atom is -0.488 e. The summed E-state index contributed by atoms with van der Waals surface area (Å²) in [5.41, 5.74) is 4.34. The maximum absolute atomic E-state index is 12.2. The van der Waals surface area contributed by atoms with Gasteiger partial charge in [0.1, 0.15) is 17.9 Å². The van der Waals surface area contributed by atoms with E-state index < -0.39 is 0 Å². The summed E-state index contributed by atoms with van der Waals surface area (Å²) in [6.45, 7) is 2.38. The highest BCUT2D eigenvalue weighted by Crippen LogP contribution is 2.33. The molecule has 0 N–H and O–H groups in total. The zero-order chi connectivity index (χ0) is 16.7. The fraction of sp³-hybridized carbons (Fsp3) is 0.250. The molecule has 1 aromatic heterocycles. The average molecular weight is 341 g/mol. The monoisotopic (exact) mass is 340 g/mol. The van der Waals surface area contributed by atoms with E-state index in [1.807, 2.05) is 43.3 Å². The van der Waals surface area contributed by atoms with Crippen LogP contribution in [0.2, 0.25) is 5.02 Å². The molecule has 0 spiro atoms. The Morgan fingerprint density at radius 3 is 2.62 bits per heavy atom. The van der Waals surface area contributed by atoms with Crippen LogP contribution in [0, 0.1) is 6.92 Å². The molecule has 3 aromatic rings. The van der Waals surface area contributed by atoms with Gasteiger partial charge in [-0.25, -0.2) is 4.79 Å². The molecule has 4 rings (SSSR count). The molecule has 0 saturated heterocycles. The van der Waals surface area contributed by atoms with Crippen LogP contribution in [0.1, 0.15) is 28.7 Å². The Morgan fingerprint density at radius 2 is 1.83 bits per heavy atom. The molecule has 0 bridgehead atoms. The number of benzene rings is 2. The van der Waals surface area contributed by atoms with Crippen LogP contribution < -0.4 is 10.4 Å². The van der Waals surface area contributed by atoms with Gasteiger partial charge in [0.15, 0.2) is 0 Å². The van der Waals surface area contributed by atoms with Gasteiger partial charge >= 0.3 is 5.63 Å². The van der Waals surface area contributed by atoms with Gasteiger partial charge in [-0.05, 0) is 61.6 Å². The number of fused-ring (bicyclic) bond motifs is 3. The lowest BCUT2D eigenvalue weighted by Crippen LogP contribution is -2.08. The van der Waals surface area contributed by atoms with Gasteiger partial charge in [-0.1, -0.05) is 23.7 Å². The van der Waals surface area contributed by atoms with Gasteiger partial charge in [0, 0.05) is 21.5 Å². The van der Waals surface area contributed by atoms with Gasteiger partial charge in [0.2, 0.25) is 0 Å². The third kappa shape index (κ3) is 2.59. The van der Waals surface area contributed by atoms with E-state index in [-0.39, 0.29) is 5.63 Å². The maximum Gasteiger partial charge on any atom is 0.339 e. The second-order valence-electron chi connectivity index (χ2n) is 6.18. The zero-order valence-electron chi connectivity index (χ0n) is 13.4. The molecule has 1 aliphatic rings. The van der Waals surface area contributed by atoms with Gasteiger partial charge in [-0.2, -0.15) is 0 Å². The maximum atomic E-state index is 12.2. The van der Waals surface area contributed by atoms with Crippen molar-refractivity contribution in [1.29, 1.82) is 0 Å². The molecule has 2 aromatic carbocycles. The normalized spacial score (nSPS) is 13.2. The lowest BCUT2D eigenvalue weighted by atomic mass is 10.0. The van der Waals surface area contributed by atoms with Crippen LogP contribution in [-0.2, 0) is 19.4 Å². The van der Waals surface area contributed by atoms with Crippen LogP contribution in [0.25, 0.3) is 11.0 Å². The minimum absolute atomic E-state index is 0.201. The van der Waals surface area contributed by atoms with Crippen molar-refractivity contribution in [2.45, 2.75) is 32.8 Å². The first-order chi connectivity index (χ1) is 11.6. The third-order valence-corrected chi connectivity index (χ3v) is 4.90. The molecule has 122 valence electrons. The van der Waals surface area contributed by atoms with E-state index in [9.17, 15) is 4.79 Å². The van der Waals surface area contributed by atoms with Crippen molar-refractivity contribution >= 4 is 22.6 Å². The second kappa shape index (κ2) is 5.99. The first-order valence-corrected chi connectivity index (χ1v) is 8.46. The Kier molecular flexibility index (Phi) is 3.81. The minimum atomic E-state index is -0.201. The summed E-state index contributed by atoms with van der Waals surface area (Å²) < 4.78 is 11.5. The fourth-order valence-corrected chi connectivity index (χ4v) is 3.49. The third-order valence-electron chi connectivity index (χ3n) is 4.65. The van der Waals surface area contributed by atoms with Crippen molar-refractivity contribution in [3.05, 3.63) is 74.1 Å². The molecular weight excluding hydrogens is 324 g/mol. The van der Waals surface area contributed by atoms with E-state index in [4.69, 9.17) is 20.8 Å². The highest BCUT2D eigenvalue weighted by atomic mass is 35.5. The van der Waals surface area contributed by atoms with E-state index in [1.165, 1.54) is 0 Å². The highest BCUT2D eigenvalue weighted by Gasteiger charge is 2.21. The molecule has 0 aliphatic heterocycles. The molecule has 0 saturated carbocycles. The van der Waals surface area contributed by atoms with Crippen molar-refractivity contribution < 1.29 is 9.15 Å². The number of halogens is 1. The van der Waals surface area contributed by atoms with Crippen molar-refractivity contribution in [3.63, 3.8) is 0 Å². The first kappa shape index (κ1) is 15.3. The van der Waals surface area contributed by atoms with E-state index in [1.54, 1.807) is 0 Å². The second-order valence-corrected chi connectivity index (χ2v) is 6.62. The van der Waals surface area contributed by atoms with Crippen LogP contribution in [0.3, 0.4) is 0 Å². The summed E-state index contributed by atoms with van der Waals surface area (Å²) in [5, 5.41) is 1.75. The smallest absolute Gasteiger partial charge is 0.339 e. The number of rotatable bonds is 3. The zero-order valence-corrected chi connectivity index (χ0v) is 14.2. The van der Waals surface area contributed by atoms with Gasteiger partial charge < -0.3 is 9.15 Å².